The van der Waals surface area contributed by atoms with Crippen molar-refractivity contribution in [3.05, 3.63) is 0 Å². The second-order valence-electron chi connectivity index (χ2n) is 5.36. The quantitative estimate of drug-likeness (QED) is 0.702. The zero-order valence-corrected chi connectivity index (χ0v) is 11.2. The van der Waals surface area contributed by atoms with Crippen LogP contribution in [0.25, 0.3) is 0 Å². The summed E-state index contributed by atoms with van der Waals surface area (Å²) < 4.78 is 5.37. The van der Waals surface area contributed by atoms with Crippen LogP contribution < -0.4 is 11.1 Å². The van der Waals surface area contributed by atoms with E-state index in [4.69, 9.17) is 10.5 Å². The summed E-state index contributed by atoms with van der Waals surface area (Å²) in [6.07, 6.45) is 0.997. The molecule has 3 N–H and O–H groups in total. The van der Waals surface area contributed by atoms with Crippen molar-refractivity contribution in [2.24, 2.45) is 11.1 Å². The fourth-order valence-electron chi connectivity index (χ4n) is 1.86. The van der Waals surface area contributed by atoms with Crippen molar-refractivity contribution in [1.29, 1.82) is 0 Å². The highest BCUT2D eigenvalue weighted by Crippen LogP contribution is 2.20. The van der Waals surface area contributed by atoms with Gasteiger partial charge in [-0.25, -0.2) is 0 Å². The van der Waals surface area contributed by atoms with Crippen LogP contribution in [0.4, 0.5) is 0 Å². The van der Waals surface area contributed by atoms with Crippen LogP contribution in [0.3, 0.4) is 0 Å². The molecule has 0 aliphatic carbocycles. The van der Waals surface area contributed by atoms with Gasteiger partial charge < -0.3 is 15.8 Å². The van der Waals surface area contributed by atoms with Crippen molar-refractivity contribution >= 4 is 5.91 Å². The number of rotatable bonds is 5. The third-order valence-electron chi connectivity index (χ3n) is 3.42. The second kappa shape index (κ2) is 6.33. The normalized spacial score (nSPS) is 22.5. The average Bonchev–Trinajstić information content (AvgIpc) is 2.36. The number of likely N-dealkylation sites (N-methyl/N-ethyl adjacent to an activating group) is 1. The third-order valence-corrected chi connectivity index (χ3v) is 3.42. The monoisotopic (exact) mass is 243 g/mol. The zero-order valence-electron chi connectivity index (χ0n) is 11.2. The fourth-order valence-corrected chi connectivity index (χ4v) is 1.86. The maximum Gasteiger partial charge on any atom is 0.239 e. The highest BCUT2D eigenvalue weighted by Gasteiger charge is 2.29. The summed E-state index contributed by atoms with van der Waals surface area (Å²) in [5, 5.41) is 2.69. The van der Waals surface area contributed by atoms with Crippen molar-refractivity contribution in [1.82, 2.24) is 10.2 Å². The lowest BCUT2D eigenvalue weighted by Crippen LogP contribution is -2.53. The molecule has 1 atom stereocenters. The van der Waals surface area contributed by atoms with Gasteiger partial charge in [-0.3, -0.25) is 9.69 Å². The number of nitrogens with one attached hydrogen (secondary N) is 1. The Morgan fingerprint density at radius 2 is 2.29 bits per heavy atom. The van der Waals surface area contributed by atoms with Crippen LogP contribution in [0.15, 0.2) is 0 Å². The first kappa shape index (κ1) is 14.4. The van der Waals surface area contributed by atoms with Crippen LogP contribution in [-0.4, -0.2) is 56.7 Å². The van der Waals surface area contributed by atoms with Crippen LogP contribution in [0.5, 0.6) is 0 Å². The number of nitrogens with zero attached hydrogens (tertiary/aromatic N) is 1. The highest BCUT2D eigenvalue weighted by atomic mass is 16.5. The van der Waals surface area contributed by atoms with Crippen molar-refractivity contribution < 1.29 is 9.53 Å². The molecule has 0 aromatic rings. The van der Waals surface area contributed by atoms with Crippen molar-refractivity contribution in [3.8, 4) is 0 Å². The van der Waals surface area contributed by atoms with Crippen molar-refractivity contribution in [3.63, 3.8) is 0 Å². The lowest BCUT2D eigenvalue weighted by Gasteiger charge is -2.36. The average molecular weight is 243 g/mol. The van der Waals surface area contributed by atoms with Gasteiger partial charge in [0.25, 0.3) is 0 Å². The van der Waals surface area contributed by atoms with Gasteiger partial charge in [0.2, 0.25) is 5.91 Å². The molecule has 1 aliphatic heterocycles. The number of carbonyl (C=O) groups excluding carboxylic acids is 1. The number of nitrogens with two attached hydrogens (primary N) is 1. The number of hydrogen-bond acceptors (Lipinski definition) is 4. The molecule has 1 rings (SSSR count). The molecule has 1 fully saturated rings. The molecule has 0 radical (unpaired) electrons. The Morgan fingerprint density at radius 3 is 2.88 bits per heavy atom. The second-order valence-corrected chi connectivity index (χ2v) is 5.36. The van der Waals surface area contributed by atoms with E-state index in [9.17, 15) is 4.79 Å². The lowest BCUT2D eigenvalue weighted by molar-refractivity contribution is -0.132. The summed E-state index contributed by atoms with van der Waals surface area (Å²) in [7, 11) is 1.67. The molecule has 0 saturated carbocycles. The summed E-state index contributed by atoms with van der Waals surface area (Å²) in [6, 6.07) is -0.151. The molecule has 0 aromatic carbocycles. The zero-order chi connectivity index (χ0) is 12.9. The molecule has 1 unspecified atom stereocenters. The topological polar surface area (TPSA) is 67.6 Å². The molecule has 5 nitrogen and oxygen atoms in total. The van der Waals surface area contributed by atoms with Crippen LogP contribution in [0.2, 0.25) is 0 Å². The number of ether oxygens (including phenoxy) is 1. The molecule has 1 amide bonds. The van der Waals surface area contributed by atoms with E-state index in [1.165, 1.54) is 0 Å². The molecule has 1 saturated heterocycles. The van der Waals surface area contributed by atoms with E-state index >= 15 is 0 Å². The van der Waals surface area contributed by atoms with Gasteiger partial charge in [-0.05, 0) is 24.9 Å². The van der Waals surface area contributed by atoms with Gasteiger partial charge in [0, 0.05) is 13.6 Å². The van der Waals surface area contributed by atoms with Crippen LogP contribution >= 0.6 is 0 Å². The number of amides is 1. The smallest absolute Gasteiger partial charge is 0.239 e. The van der Waals surface area contributed by atoms with E-state index in [-0.39, 0.29) is 17.4 Å². The number of morpholine rings is 1. The van der Waals surface area contributed by atoms with Crippen LogP contribution in [0.1, 0.15) is 20.3 Å². The summed E-state index contributed by atoms with van der Waals surface area (Å²) in [4.78, 5) is 13.9. The first-order chi connectivity index (χ1) is 8.00. The minimum atomic E-state index is -0.151. The molecule has 0 aromatic heterocycles. The van der Waals surface area contributed by atoms with E-state index < -0.39 is 0 Å². The molecule has 1 heterocycles. The summed E-state index contributed by atoms with van der Waals surface area (Å²) >= 11 is 0. The minimum Gasteiger partial charge on any atom is -0.378 e. The Hall–Kier alpha value is -0.650. The number of hydrogen-bond donors (Lipinski definition) is 2. The molecule has 0 spiro atoms. The maximum absolute atomic E-state index is 11.7. The SMILES string of the molecule is CNC(=O)C1COCCN1CCC(C)(C)CN. The maximum atomic E-state index is 11.7. The van der Waals surface area contributed by atoms with Gasteiger partial charge in [0.1, 0.15) is 6.04 Å². The Balaban J connectivity index is 2.51. The van der Waals surface area contributed by atoms with Gasteiger partial charge >= 0.3 is 0 Å². The third kappa shape index (κ3) is 4.26. The highest BCUT2D eigenvalue weighted by molar-refractivity contribution is 5.81. The summed E-state index contributed by atoms with van der Waals surface area (Å²) in [5.74, 6) is 0.0373. The fraction of sp³-hybridized carbons (Fsp3) is 0.917. The van der Waals surface area contributed by atoms with E-state index in [2.05, 4.69) is 24.1 Å². The molecule has 0 bridgehead atoms. The Bertz CT molecular complexity index is 256. The predicted molar refractivity (Wildman–Crippen MR) is 67.7 cm³/mol. The van der Waals surface area contributed by atoms with Gasteiger partial charge in [0.05, 0.1) is 13.2 Å². The Morgan fingerprint density at radius 1 is 1.59 bits per heavy atom. The molecular weight excluding hydrogens is 218 g/mol. The Labute approximate surface area is 104 Å². The summed E-state index contributed by atoms with van der Waals surface area (Å²) in [6.45, 7) is 7.89. The van der Waals surface area contributed by atoms with E-state index in [1.54, 1.807) is 7.05 Å². The van der Waals surface area contributed by atoms with Crippen molar-refractivity contribution in [2.75, 3.05) is 39.9 Å². The molecule has 5 heteroatoms. The van der Waals surface area contributed by atoms with E-state index in [0.29, 0.717) is 19.8 Å². The molecular formula is C12H25N3O2. The first-order valence-electron chi connectivity index (χ1n) is 6.23. The van der Waals surface area contributed by atoms with Gasteiger partial charge in [-0.15, -0.1) is 0 Å². The standard InChI is InChI=1S/C12H25N3O2/c1-12(2,9-13)4-5-15-6-7-17-8-10(15)11(16)14-3/h10H,4-9,13H2,1-3H3,(H,14,16). The molecule has 17 heavy (non-hydrogen) atoms. The van der Waals surface area contributed by atoms with Crippen molar-refractivity contribution in [2.45, 2.75) is 26.3 Å². The first-order valence-corrected chi connectivity index (χ1v) is 6.23. The predicted octanol–water partition coefficient (Wildman–Crippen LogP) is -0.192. The van der Waals surface area contributed by atoms with Gasteiger partial charge in [-0.2, -0.15) is 0 Å². The van der Waals surface area contributed by atoms with Crippen LogP contribution in [-0.2, 0) is 9.53 Å². The van der Waals surface area contributed by atoms with Gasteiger partial charge in [-0.1, -0.05) is 13.8 Å². The van der Waals surface area contributed by atoms with E-state index in [0.717, 1.165) is 19.5 Å². The Kier molecular flexibility index (Phi) is 5.36. The van der Waals surface area contributed by atoms with E-state index in [1.807, 2.05) is 0 Å². The summed E-state index contributed by atoms with van der Waals surface area (Å²) in [5.41, 5.74) is 5.85. The molecule has 100 valence electrons. The minimum absolute atomic E-state index is 0.0373. The number of carbonyl (C=O) groups is 1. The lowest BCUT2D eigenvalue weighted by atomic mass is 9.89. The van der Waals surface area contributed by atoms with Crippen LogP contribution in [0, 0.1) is 5.41 Å². The molecule has 1 aliphatic rings. The largest absolute Gasteiger partial charge is 0.378 e. The van der Waals surface area contributed by atoms with Gasteiger partial charge in [0.15, 0.2) is 0 Å².